The van der Waals surface area contributed by atoms with Gasteiger partial charge in [-0.05, 0) is 44.2 Å². The molecule has 0 saturated carbocycles. The van der Waals surface area contributed by atoms with E-state index in [2.05, 4.69) is 5.32 Å². The normalized spacial score (nSPS) is 10.4. The first-order valence-corrected chi connectivity index (χ1v) is 8.32. The molecule has 0 aromatic heterocycles. The smallest absolute Gasteiger partial charge is 0.251 e. The third-order valence-corrected chi connectivity index (χ3v) is 3.71. The summed E-state index contributed by atoms with van der Waals surface area (Å²) in [6.45, 7) is 4.21. The molecule has 0 heterocycles. The van der Waals surface area contributed by atoms with Crippen LogP contribution in [-0.2, 0) is 6.54 Å². The minimum absolute atomic E-state index is 0.0900. The second kappa shape index (κ2) is 8.99. The van der Waals surface area contributed by atoms with E-state index in [1.807, 2.05) is 13.8 Å². The second-order valence-electron chi connectivity index (χ2n) is 5.89. The molecule has 0 radical (unpaired) electrons. The van der Waals surface area contributed by atoms with Gasteiger partial charge >= 0.3 is 0 Å². The Bertz CT molecular complexity index is 741. The first kappa shape index (κ1) is 19.4. The van der Waals surface area contributed by atoms with Crippen LogP contribution in [0.25, 0.3) is 0 Å². The second-order valence-corrected chi connectivity index (χ2v) is 5.89. The van der Waals surface area contributed by atoms with Gasteiger partial charge in [-0.1, -0.05) is 0 Å². The highest BCUT2D eigenvalue weighted by molar-refractivity contribution is 5.94. The highest BCUT2D eigenvalue weighted by Gasteiger charge is 2.13. The molecule has 0 aliphatic carbocycles. The summed E-state index contributed by atoms with van der Waals surface area (Å²) in [5.41, 5.74) is 1.35. The van der Waals surface area contributed by atoms with Crippen LogP contribution in [0, 0.1) is 0 Å². The number of carbonyl (C=O) groups is 1. The van der Waals surface area contributed by atoms with Crippen molar-refractivity contribution in [2.24, 2.45) is 0 Å². The van der Waals surface area contributed by atoms with Crippen LogP contribution in [0.2, 0.25) is 0 Å². The lowest BCUT2D eigenvalue weighted by Gasteiger charge is -2.15. The number of carbonyl (C=O) groups excluding carboxylic acids is 1. The van der Waals surface area contributed by atoms with E-state index >= 15 is 0 Å². The highest BCUT2D eigenvalue weighted by atomic mass is 16.5. The molecule has 2 aromatic carbocycles. The number of hydrogen-bond donors (Lipinski definition) is 1. The molecule has 26 heavy (non-hydrogen) atoms. The van der Waals surface area contributed by atoms with Gasteiger partial charge < -0.3 is 24.3 Å². The number of ether oxygens (including phenoxy) is 4. The summed E-state index contributed by atoms with van der Waals surface area (Å²) in [7, 11) is 4.69. The molecule has 6 heteroatoms. The zero-order chi connectivity index (χ0) is 19.1. The third-order valence-electron chi connectivity index (χ3n) is 3.71. The summed E-state index contributed by atoms with van der Waals surface area (Å²) >= 11 is 0. The Kier molecular flexibility index (Phi) is 6.72. The lowest BCUT2D eigenvalue weighted by Crippen LogP contribution is -2.23. The number of nitrogens with one attached hydrogen (secondary N) is 1. The van der Waals surface area contributed by atoms with E-state index in [0.29, 0.717) is 29.4 Å². The molecular formula is C20H25NO5. The minimum Gasteiger partial charge on any atom is -0.496 e. The Hall–Kier alpha value is -2.89. The van der Waals surface area contributed by atoms with E-state index in [0.717, 1.165) is 11.3 Å². The predicted molar refractivity (Wildman–Crippen MR) is 99.5 cm³/mol. The van der Waals surface area contributed by atoms with Gasteiger partial charge in [-0.25, -0.2) is 0 Å². The SMILES string of the molecule is COc1cc(OC)c(OC)cc1CNC(=O)c1ccc(OC(C)C)cc1. The largest absolute Gasteiger partial charge is 0.496 e. The van der Waals surface area contributed by atoms with Crippen molar-refractivity contribution in [3.8, 4) is 23.0 Å². The summed E-state index contributed by atoms with van der Waals surface area (Å²) in [4.78, 5) is 12.4. The third kappa shape index (κ3) is 4.81. The molecule has 0 spiro atoms. The molecule has 0 fully saturated rings. The van der Waals surface area contributed by atoms with Crippen LogP contribution in [0.5, 0.6) is 23.0 Å². The van der Waals surface area contributed by atoms with Crippen LogP contribution in [0.1, 0.15) is 29.8 Å². The molecule has 0 unspecified atom stereocenters. The van der Waals surface area contributed by atoms with Gasteiger partial charge in [-0.3, -0.25) is 4.79 Å². The molecule has 0 atom stereocenters. The predicted octanol–water partition coefficient (Wildman–Crippen LogP) is 3.43. The molecule has 6 nitrogen and oxygen atoms in total. The van der Waals surface area contributed by atoms with Gasteiger partial charge in [0.25, 0.3) is 5.91 Å². The van der Waals surface area contributed by atoms with Crippen LogP contribution in [0.15, 0.2) is 36.4 Å². The van der Waals surface area contributed by atoms with Crippen molar-refractivity contribution in [3.05, 3.63) is 47.5 Å². The monoisotopic (exact) mass is 359 g/mol. The highest BCUT2D eigenvalue weighted by Crippen LogP contribution is 2.34. The first-order valence-electron chi connectivity index (χ1n) is 8.32. The molecule has 1 N–H and O–H groups in total. The standard InChI is InChI=1S/C20H25NO5/c1-13(2)26-16-8-6-14(7-9-16)20(22)21-12-15-10-18(24-4)19(25-5)11-17(15)23-3/h6-11,13H,12H2,1-5H3,(H,21,22). The maximum atomic E-state index is 12.4. The molecule has 1 amide bonds. The quantitative estimate of drug-likeness (QED) is 0.782. The maximum Gasteiger partial charge on any atom is 0.251 e. The first-order chi connectivity index (χ1) is 12.5. The van der Waals surface area contributed by atoms with E-state index in [4.69, 9.17) is 18.9 Å². The van der Waals surface area contributed by atoms with Crippen molar-refractivity contribution in [3.63, 3.8) is 0 Å². The molecule has 0 bridgehead atoms. The van der Waals surface area contributed by atoms with Crippen LogP contribution in [0.4, 0.5) is 0 Å². The van der Waals surface area contributed by atoms with Crippen molar-refractivity contribution < 1.29 is 23.7 Å². The van der Waals surface area contributed by atoms with Gasteiger partial charge in [-0.2, -0.15) is 0 Å². The van der Waals surface area contributed by atoms with Gasteiger partial charge in [0.15, 0.2) is 11.5 Å². The summed E-state index contributed by atoms with van der Waals surface area (Å²) in [5, 5.41) is 2.88. The van der Waals surface area contributed by atoms with E-state index in [1.165, 1.54) is 0 Å². The van der Waals surface area contributed by atoms with Gasteiger partial charge in [0.1, 0.15) is 11.5 Å². The summed E-state index contributed by atoms with van der Waals surface area (Å²) in [6, 6.07) is 10.6. The van der Waals surface area contributed by atoms with Crippen molar-refractivity contribution in [2.45, 2.75) is 26.5 Å². The van der Waals surface area contributed by atoms with Gasteiger partial charge in [-0.15, -0.1) is 0 Å². The lowest BCUT2D eigenvalue weighted by atomic mass is 10.1. The average Bonchev–Trinajstić information content (AvgIpc) is 2.65. The fourth-order valence-electron chi connectivity index (χ4n) is 2.47. The van der Waals surface area contributed by atoms with E-state index in [-0.39, 0.29) is 12.0 Å². The summed E-state index contributed by atoms with van der Waals surface area (Å²) in [5.74, 6) is 2.31. The molecular weight excluding hydrogens is 334 g/mol. The van der Waals surface area contributed by atoms with E-state index in [9.17, 15) is 4.79 Å². The number of methoxy groups -OCH3 is 3. The minimum atomic E-state index is -0.182. The molecule has 140 valence electrons. The van der Waals surface area contributed by atoms with Crippen molar-refractivity contribution in [1.82, 2.24) is 5.32 Å². The van der Waals surface area contributed by atoms with Crippen molar-refractivity contribution in [2.75, 3.05) is 21.3 Å². The molecule has 0 saturated heterocycles. The summed E-state index contributed by atoms with van der Waals surface area (Å²) < 4.78 is 21.5. The topological polar surface area (TPSA) is 66.0 Å². The van der Waals surface area contributed by atoms with Crippen LogP contribution < -0.4 is 24.3 Å². The van der Waals surface area contributed by atoms with Gasteiger partial charge in [0, 0.05) is 23.7 Å². The average molecular weight is 359 g/mol. The van der Waals surface area contributed by atoms with Crippen LogP contribution in [0.3, 0.4) is 0 Å². The van der Waals surface area contributed by atoms with Crippen LogP contribution >= 0.6 is 0 Å². The van der Waals surface area contributed by atoms with Crippen molar-refractivity contribution >= 4 is 5.91 Å². The maximum absolute atomic E-state index is 12.4. The number of amides is 1. The Morgan fingerprint density at radius 1 is 0.923 bits per heavy atom. The van der Waals surface area contributed by atoms with Gasteiger partial charge in [0.05, 0.1) is 27.4 Å². The van der Waals surface area contributed by atoms with Crippen molar-refractivity contribution in [1.29, 1.82) is 0 Å². The zero-order valence-corrected chi connectivity index (χ0v) is 15.8. The number of rotatable bonds is 8. The molecule has 2 rings (SSSR count). The molecule has 2 aromatic rings. The van der Waals surface area contributed by atoms with Crippen LogP contribution in [-0.4, -0.2) is 33.3 Å². The van der Waals surface area contributed by atoms with E-state index in [1.54, 1.807) is 57.7 Å². The summed E-state index contributed by atoms with van der Waals surface area (Å²) in [6.07, 6.45) is 0.0900. The fourth-order valence-corrected chi connectivity index (χ4v) is 2.47. The Morgan fingerprint density at radius 3 is 2.04 bits per heavy atom. The molecule has 0 aliphatic heterocycles. The Morgan fingerprint density at radius 2 is 1.50 bits per heavy atom. The molecule has 0 aliphatic rings. The van der Waals surface area contributed by atoms with E-state index < -0.39 is 0 Å². The Labute approximate surface area is 154 Å². The fraction of sp³-hybridized carbons (Fsp3) is 0.350. The van der Waals surface area contributed by atoms with Gasteiger partial charge in [0.2, 0.25) is 0 Å². The Balaban J connectivity index is 2.09. The number of hydrogen-bond acceptors (Lipinski definition) is 5. The zero-order valence-electron chi connectivity index (χ0n) is 15.8. The number of benzene rings is 2. The lowest BCUT2D eigenvalue weighted by molar-refractivity contribution is 0.0950.